The molecule has 0 bridgehead atoms. The maximum absolute atomic E-state index is 5.76. The van der Waals surface area contributed by atoms with Crippen LogP contribution in [0.15, 0.2) is 67.0 Å². The van der Waals surface area contributed by atoms with E-state index < -0.39 is 0 Å². The van der Waals surface area contributed by atoms with Gasteiger partial charge in [-0.05, 0) is 23.1 Å². The van der Waals surface area contributed by atoms with Gasteiger partial charge in [-0.15, -0.1) is 23.1 Å². The quantitative estimate of drug-likeness (QED) is 0.376. The summed E-state index contributed by atoms with van der Waals surface area (Å²) >= 11 is 3.78. The summed E-state index contributed by atoms with van der Waals surface area (Å²) in [7, 11) is 0. The van der Waals surface area contributed by atoms with E-state index in [2.05, 4.69) is 76.1 Å². The summed E-state index contributed by atoms with van der Waals surface area (Å²) in [6.07, 6.45) is 2.54. The number of nitrogens with two attached hydrogens (primary N) is 1. The van der Waals surface area contributed by atoms with E-state index in [1.54, 1.807) is 17.7 Å². The Bertz CT molecular complexity index is 1080. The third-order valence-corrected chi connectivity index (χ3v) is 7.86. The van der Waals surface area contributed by atoms with E-state index in [0.29, 0.717) is 11.1 Å². The molecule has 3 heterocycles. The molecule has 0 unspecified atom stereocenters. The molecule has 1 aliphatic heterocycles. The van der Waals surface area contributed by atoms with Crippen LogP contribution in [-0.2, 0) is 6.42 Å². The van der Waals surface area contributed by atoms with E-state index in [1.165, 1.54) is 21.6 Å². The van der Waals surface area contributed by atoms with Crippen LogP contribution in [0.2, 0.25) is 0 Å². The van der Waals surface area contributed by atoms with Crippen molar-refractivity contribution >= 4 is 39.1 Å². The standard InChI is InChI=1S/C21H18N4S2/c22-25-20-17-15-11-16(13-7-3-1-4-8-13)26-18(14-9-5-2-6-10-14)19(15)27-21(17)24-12-23-20/h1-10,12,16,18H,11,22H2,(H,23,24,25)/t16-,18+/m1/s1. The Labute approximate surface area is 165 Å². The van der Waals surface area contributed by atoms with Crippen LogP contribution in [0.3, 0.4) is 0 Å². The zero-order valence-electron chi connectivity index (χ0n) is 14.5. The first-order chi connectivity index (χ1) is 13.3. The number of nitrogens with zero attached hydrogens (tertiary/aromatic N) is 2. The van der Waals surface area contributed by atoms with Crippen LogP contribution in [-0.4, -0.2) is 9.97 Å². The molecule has 0 saturated heterocycles. The lowest BCUT2D eigenvalue weighted by Crippen LogP contribution is -2.13. The number of thioether (sulfide) groups is 1. The normalized spacial score (nSPS) is 19.0. The van der Waals surface area contributed by atoms with Crippen LogP contribution in [0, 0.1) is 0 Å². The van der Waals surface area contributed by atoms with E-state index in [-0.39, 0.29) is 5.25 Å². The number of anilines is 1. The Balaban J connectivity index is 1.71. The van der Waals surface area contributed by atoms with Crippen molar-refractivity contribution in [1.29, 1.82) is 0 Å². The third kappa shape index (κ3) is 2.90. The van der Waals surface area contributed by atoms with Gasteiger partial charge in [-0.25, -0.2) is 15.8 Å². The molecule has 4 nitrogen and oxygen atoms in total. The van der Waals surface area contributed by atoms with E-state index in [1.807, 2.05) is 11.8 Å². The van der Waals surface area contributed by atoms with Gasteiger partial charge in [-0.1, -0.05) is 60.7 Å². The van der Waals surface area contributed by atoms with Crippen molar-refractivity contribution in [3.05, 3.63) is 88.6 Å². The molecule has 4 aromatic rings. The Morgan fingerprint density at radius 1 is 0.926 bits per heavy atom. The lowest BCUT2D eigenvalue weighted by Gasteiger charge is -2.30. The molecule has 5 rings (SSSR count). The monoisotopic (exact) mass is 390 g/mol. The van der Waals surface area contributed by atoms with Crippen LogP contribution in [0.4, 0.5) is 5.82 Å². The van der Waals surface area contributed by atoms with Gasteiger partial charge < -0.3 is 5.43 Å². The van der Waals surface area contributed by atoms with Gasteiger partial charge in [0.25, 0.3) is 0 Å². The third-order valence-electron chi connectivity index (χ3n) is 4.96. The fourth-order valence-electron chi connectivity index (χ4n) is 3.71. The average Bonchev–Trinajstić information content (AvgIpc) is 3.13. The molecule has 27 heavy (non-hydrogen) atoms. The van der Waals surface area contributed by atoms with E-state index in [4.69, 9.17) is 5.84 Å². The van der Waals surface area contributed by atoms with Crippen molar-refractivity contribution in [2.45, 2.75) is 16.9 Å². The van der Waals surface area contributed by atoms with Crippen molar-refractivity contribution in [2.75, 3.05) is 5.43 Å². The van der Waals surface area contributed by atoms with E-state index in [0.717, 1.165) is 16.6 Å². The maximum atomic E-state index is 5.76. The number of nitrogens with one attached hydrogen (secondary N) is 1. The Morgan fingerprint density at radius 2 is 1.63 bits per heavy atom. The SMILES string of the molecule is NNc1ncnc2sc3c(c12)C[C@H](c1ccccc1)S[C@H]3c1ccccc1. The number of hydrogen-bond donors (Lipinski definition) is 2. The lowest BCUT2D eigenvalue weighted by molar-refractivity contribution is 0.894. The second-order valence-corrected chi connectivity index (χ2v) is 8.87. The van der Waals surface area contributed by atoms with Gasteiger partial charge in [0.2, 0.25) is 0 Å². The molecule has 3 N–H and O–H groups in total. The zero-order valence-corrected chi connectivity index (χ0v) is 16.1. The second-order valence-electron chi connectivity index (χ2n) is 6.52. The van der Waals surface area contributed by atoms with Gasteiger partial charge in [0, 0.05) is 10.1 Å². The highest BCUT2D eigenvalue weighted by Gasteiger charge is 2.33. The Morgan fingerprint density at radius 3 is 2.33 bits per heavy atom. The first-order valence-electron chi connectivity index (χ1n) is 8.83. The highest BCUT2D eigenvalue weighted by Crippen LogP contribution is 2.55. The fourth-order valence-corrected chi connectivity index (χ4v) is 6.69. The molecule has 134 valence electrons. The average molecular weight is 391 g/mol. The molecule has 0 spiro atoms. The topological polar surface area (TPSA) is 63.8 Å². The molecule has 0 fully saturated rings. The molecule has 0 radical (unpaired) electrons. The lowest BCUT2D eigenvalue weighted by atomic mass is 9.98. The molecular formula is C21H18N4S2. The Hall–Kier alpha value is -2.41. The highest BCUT2D eigenvalue weighted by atomic mass is 32.2. The number of rotatable bonds is 3. The summed E-state index contributed by atoms with van der Waals surface area (Å²) in [6.45, 7) is 0. The van der Waals surface area contributed by atoms with Crippen LogP contribution < -0.4 is 11.3 Å². The number of aromatic nitrogens is 2. The predicted molar refractivity (Wildman–Crippen MR) is 114 cm³/mol. The molecule has 0 amide bonds. The van der Waals surface area contributed by atoms with Gasteiger partial charge in [-0.3, -0.25) is 0 Å². The summed E-state index contributed by atoms with van der Waals surface area (Å²) in [4.78, 5) is 11.2. The number of hydrazine groups is 1. The molecule has 0 aliphatic carbocycles. The molecule has 1 aliphatic rings. The number of hydrogen-bond acceptors (Lipinski definition) is 6. The van der Waals surface area contributed by atoms with Crippen LogP contribution in [0.25, 0.3) is 10.2 Å². The Kier molecular flexibility index (Phi) is 4.32. The fraction of sp³-hybridized carbons (Fsp3) is 0.143. The van der Waals surface area contributed by atoms with E-state index in [9.17, 15) is 0 Å². The summed E-state index contributed by atoms with van der Waals surface area (Å²) in [5.41, 5.74) is 6.77. The van der Waals surface area contributed by atoms with Crippen LogP contribution in [0.5, 0.6) is 0 Å². The summed E-state index contributed by atoms with van der Waals surface area (Å²) in [6, 6.07) is 21.5. The minimum atomic E-state index is 0.282. The van der Waals surface area contributed by atoms with Crippen molar-refractivity contribution in [3.63, 3.8) is 0 Å². The molecule has 2 atom stereocenters. The minimum Gasteiger partial charge on any atom is -0.308 e. The summed E-state index contributed by atoms with van der Waals surface area (Å²) in [5.74, 6) is 6.47. The number of thiophene rings is 1. The van der Waals surface area contributed by atoms with E-state index >= 15 is 0 Å². The van der Waals surface area contributed by atoms with Gasteiger partial charge in [0.1, 0.15) is 11.2 Å². The largest absolute Gasteiger partial charge is 0.308 e. The minimum absolute atomic E-state index is 0.282. The van der Waals surface area contributed by atoms with Gasteiger partial charge in [0.15, 0.2) is 5.82 Å². The first kappa shape index (κ1) is 16.7. The molecule has 6 heteroatoms. The molecule has 0 saturated carbocycles. The first-order valence-corrected chi connectivity index (χ1v) is 10.6. The van der Waals surface area contributed by atoms with Crippen molar-refractivity contribution in [1.82, 2.24) is 9.97 Å². The van der Waals surface area contributed by atoms with Crippen LogP contribution in [0.1, 0.15) is 32.1 Å². The summed E-state index contributed by atoms with van der Waals surface area (Å²) < 4.78 is 0. The highest BCUT2D eigenvalue weighted by molar-refractivity contribution is 8.00. The van der Waals surface area contributed by atoms with Crippen molar-refractivity contribution < 1.29 is 0 Å². The zero-order chi connectivity index (χ0) is 18.2. The molecular weight excluding hydrogens is 372 g/mol. The molecule has 2 aromatic heterocycles. The van der Waals surface area contributed by atoms with Gasteiger partial charge in [-0.2, -0.15) is 0 Å². The number of benzene rings is 2. The number of fused-ring (bicyclic) bond motifs is 3. The number of nitrogen functional groups attached to an aromatic ring is 1. The van der Waals surface area contributed by atoms with Crippen molar-refractivity contribution in [2.24, 2.45) is 5.84 Å². The summed E-state index contributed by atoms with van der Waals surface area (Å²) in [5, 5.41) is 1.74. The van der Waals surface area contributed by atoms with Crippen LogP contribution >= 0.6 is 23.1 Å². The maximum Gasteiger partial charge on any atom is 0.152 e. The smallest absolute Gasteiger partial charge is 0.152 e. The van der Waals surface area contributed by atoms with Gasteiger partial charge in [0.05, 0.1) is 10.6 Å². The predicted octanol–water partition coefficient (Wildman–Crippen LogP) is 5.10. The van der Waals surface area contributed by atoms with Crippen molar-refractivity contribution in [3.8, 4) is 0 Å². The van der Waals surface area contributed by atoms with Gasteiger partial charge >= 0.3 is 0 Å². The second kappa shape index (κ2) is 6.96. The molecule has 2 aromatic carbocycles.